The molecule has 1 N–H and O–H groups in total. The second-order valence-electron chi connectivity index (χ2n) is 8.31. The van der Waals surface area contributed by atoms with E-state index in [0.717, 1.165) is 16.7 Å². The third-order valence-electron chi connectivity index (χ3n) is 5.75. The maximum Gasteiger partial charge on any atom is 0.243 e. The minimum atomic E-state index is -0.709. The monoisotopic (exact) mass is 486 g/mol. The van der Waals surface area contributed by atoms with E-state index < -0.39 is 6.04 Å². The Morgan fingerprint density at radius 1 is 0.800 bits per heavy atom. The van der Waals surface area contributed by atoms with E-state index in [2.05, 4.69) is 5.32 Å². The van der Waals surface area contributed by atoms with Crippen molar-refractivity contribution in [3.05, 3.63) is 131 Å². The molecule has 5 nitrogen and oxygen atoms in total. The first-order valence-electron chi connectivity index (χ1n) is 11.5. The number of benzene rings is 3. The van der Waals surface area contributed by atoms with Gasteiger partial charge < -0.3 is 14.6 Å². The minimum absolute atomic E-state index is 0.125. The molecule has 0 aliphatic carbocycles. The van der Waals surface area contributed by atoms with Crippen molar-refractivity contribution < 1.29 is 14.0 Å². The summed E-state index contributed by atoms with van der Waals surface area (Å²) in [7, 11) is 0. The van der Waals surface area contributed by atoms with Crippen molar-refractivity contribution in [3.63, 3.8) is 0 Å². The molecule has 4 rings (SSSR count). The zero-order valence-electron chi connectivity index (χ0n) is 19.3. The number of rotatable bonds is 10. The van der Waals surface area contributed by atoms with Crippen molar-refractivity contribution >= 4 is 23.4 Å². The molecule has 0 fully saturated rings. The topological polar surface area (TPSA) is 62.6 Å². The Balaban J connectivity index is 1.63. The first kappa shape index (κ1) is 24.3. The molecule has 0 bridgehead atoms. The summed E-state index contributed by atoms with van der Waals surface area (Å²) < 4.78 is 5.37. The van der Waals surface area contributed by atoms with Crippen LogP contribution in [0.15, 0.2) is 108 Å². The van der Waals surface area contributed by atoms with E-state index >= 15 is 0 Å². The molecule has 1 heterocycles. The van der Waals surface area contributed by atoms with Crippen LogP contribution < -0.4 is 5.32 Å². The van der Waals surface area contributed by atoms with E-state index in [0.29, 0.717) is 17.2 Å². The number of amides is 2. The lowest BCUT2D eigenvalue weighted by Gasteiger charge is -2.31. The van der Waals surface area contributed by atoms with Gasteiger partial charge in [0.15, 0.2) is 0 Å². The fraction of sp³-hybridized carbons (Fsp3) is 0.172. The fourth-order valence-electron chi connectivity index (χ4n) is 3.92. The summed E-state index contributed by atoms with van der Waals surface area (Å²) in [5.74, 6) is 0.289. The standard InChI is InChI=1S/C29H27ClN2O3/c30-25-15-13-24(14-16-25)21-32(28(33)19-23-10-5-2-6-11-23)27(18-22-8-3-1-4-9-22)29(34)31-20-26-12-7-17-35-26/h1-17,27H,18-21H2,(H,31,34)/t27-/m0/s1. The molecule has 0 spiro atoms. The smallest absolute Gasteiger partial charge is 0.243 e. The van der Waals surface area contributed by atoms with Gasteiger partial charge in [0.05, 0.1) is 19.2 Å². The Hall–Kier alpha value is -3.83. The number of halogens is 1. The lowest BCUT2D eigenvalue weighted by molar-refractivity contribution is -0.140. The van der Waals surface area contributed by atoms with E-state index in [1.54, 1.807) is 35.4 Å². The zero-order chi connectivity index (χ0) is 24.5. The number of carbonyl (C=O) groups is 2. The Morgan fingerprint density at radius 3 is 2.09 bits per heavy atom. The van der Waals surface area contributed by atoms with Gasteiger partial charge in [-0.05, 0) is 41.0 Å². The summed E-state index contributed by atoms with van der Waals surface area (Å²) in [6, 6.07) is 29.5. The molecule has 0 unspecified atom stereocenters. The summed E-state index contributed by atoms with van der Waals surface area (Å²) in [6.07, 6.45) is 2.16. The van der Waals surface area contributed by atoms with Gasteiger partial charge in [0.25, 0.3) is 0 Å². The third-order valence-corrected chi connectivity index (χ3v) is 6.00. The van der Waals surface area contributed by atoms with Gasteiger partial charge in [-0.3, -0.25) is 9.59 Å². The lowest BCUT2D eigenvalue weighted by atomic mass is 10.0. The molecule has 0 saturated carbocycles. The van der Waals surface area contributed by atoms with Gasteiger partial charge in [-0.25, -0.2) is 0 Å². The Labute approximate surface area is 210 Å². The molecular weight excluding hydrogens is 460 g/mol. The summed E-state index contributed by atoms with van der Waals surface area (Å²) in [5.41, 5.74) is 2.76. The van der Waals surface area contributed by atoms with E-state index in [4.69, 9.17) is 16.0 Å². The van der Waals surface area contributed by atoms with Crippen LogP contribution in [-0.2, 0) is 35.5 Å². The first-order chi connectivity index (χ1) is 17.1. The normalized spacial score (nSPS) is 11.6. The van der Waals surface area contributed by atoms with Crippen molar-refractivity contribution in [2.24, 2.45) is 0 Å². The van der Waals surface area contributed by atoms with Crippen LogP contribution in [0.2, 0.25) is 5.02 Å². The van der Waals surface area contributed by atoms with Crippen LogP contribution in [-0.4, -0.2) is 22.8 Å². The fourth-order valence-corrected chi connectivity index (χ4v) is 4.04. The van der Waals surface area contributed by atoms with Crippen LogP contribution in [0.25, 0.3) is 0 Å². The van der Waals surface area contributed by atoms with E-state index in [1.807, 2.05) is 72.8 Å². The zero-order valence-corrected chi connectivity index (χ0v) is 20.0. The molecule has 1 atom stereocenters. The number of nitrogens with zero attached hydrogens (tertiary/aromatic N) is 1. The molecule has 6 heteroatoms. The average molecular weight is 487 g/mol. The Bertz CT molecular complexity index is 1210. The highest BCUT2D eigenvalue weighted by molar-refractivity contribution is 6.30. The maximum absolute atomic E-state index is 13.7. The van der Waals surface area contributed by atoms with Gasteiger partial charge in [-0.2, -0.15) is 0 Å². The Morgan fingerprint density at radius 2 is 1.46 bits per heavy atom. The second kappa shape index (κ2) is 12.0. The van der Waals surface area contributed by atoms with Crippen LogP contribution in [0.3, 0.4) is 0 Å². The first-order valence-corrected chi connectivity index (χ1v) is 11.9. The molecule has 35 heavy (non-hydrogen) atoms. The highest BCUT2D eigenvalue weighted by Gasteiger charge is 2.30. The van der Waals surface area contributed by atoms with Crippen LogP contribution in [0.4, 0.5) is 0 Å². The van der Waals surface area contributed by atoms with Gasteiger partial charge in [0.1, 0.15) is 11.8 Å². The number of carbonyl (C=O) groups excluding carboxylic acids is 2. The van der Waals surface area contributed by atoms with E-state index in [-0.39, 0.29) is 31.3 Å². The molecule has 0 radical (unpaired) electrons. The summed E-state index contributed by atoms with van der Waals surface area (Å²) >= 11 is 6.07. The van der Waals surface area contributed by atoms with Gasteiger partial charge >= 0.3 is 0 Å². The van der Waals surface area contributed by atoms with Crippen molar-refractivity contribution in [3.8, 4) is 0 Å². The van der Waals surface area contributed by atoms with Crippen molar-refractivity contribution in [1.29, 1.82) is 0 Å². The lowest BCUT2D eigenvalue weighted by Crippen LogP contribution is -2.50. The van der Waals surface area contributed by atoms with Gasteiger partial charge in [-0.1, -0.05) is 84.4 Å². The van der Waals surface area contributed by atoms with Gasteiger partial charge in [0.2, 0.25) is 11.8 Å². The van der Waals surface area contributed by atoms with Gasteiger partial charge in [0, 0.05) is 18.0 Å². The molecule has 4 aromatic rings. The van der Waals surface area contributed by atoms with Crippen molar-refractivity contribution in [1.82, 2.24) is 10.2 Å². The van der Waals surface area contributed by atoms with Crippen LogP contribution >= 0.6 is 11.6 Å². The molecule has 3 aromatic carbocycles. The third kappa shape index (κ3) is 7.08. The van der Waals surface area contributed by atoms with Crippen LogP contribution in [0.5, 0.6) is 0 Å². The molecular formula is C29H27ClN2O3. The number of furan rings is 1. The predicted octanol–water partition coefficient (Wildman–Crippen LogP) is 5.43. The quantitative estimate of drug-likeness (QED) is 0.325. The molecule has 1 aromatic heterocycles. The number of hydrogen-bond donors (Lipinski definition) is 1. The van der Waals surface area contributed by atoms with Crippen molar-refractivity contribution in [2.75, 3.05) is 0 Å². The van der Waals surface area contributed by atoms with Crippen molar-refractivity contribution in [2.45, 2.75) is 32.0 Å². The maximum atomic E-state index is 13.7. The summed E-state index contributed by atoms with van der Waals surface area (Å²) in [6.45, 7) is 0.535. The predicted molar refractivity (Wildman–Crippen MR) is 137 cm³/mol. The number of nitrogens with one attached hydrogen (secondary N) is 1. The summed E-state index contributed by atoms with van der Waals surface area (Å²) in [4.78, 5) is 28.8. The summed E-state index contributed by atoms with van der Waals surface area (Å²) in [5, 5.41) is 3.57. The largest absolute Gasteiger partial charge is 0.467 e. The van der Waals surface area contributed by atoms with Crippen LogP contribution in [0.1, 0.15) is 22.5 Å². The van der Waals surface area contributed by atoms with Gasteiger partial charge in [-0.15, -0.1) is 0 Å². The molecule has 0 aliphatic heterocycles. The molecule has 178 valence electrons. The number of hydrogen-bond acceptors (Lipinski definition) is 3. The molecule has 0 saturated heterocycles. The minimum Gasteiger partial charge on any atom is -0.467 e. The SMILES string of the molecule is O=C(NCc1ccco1)[C@H](Cc1ccccc1)N(Cc1ccc(Cl)cc1)C(=O)Cc1ccccc1. The Kier molecular flexibility index (Phi) is 8.36. The highest BCUT2D eigenvalue weighted by atomic mass is 35.5. The molecule has 2 amide bonds. The molecule has 0 aliphatic rings. The highest BCUT2D eigenvalue weighted by Crippen LogP contribution is 2.18. The second-order valence-corrected chi connectivity index (χ2v) is 8.75. The van der Waals surface area contributed by atoms with E-state index in [9.17, 15) is 9.59 Å². The average Bonchev–Trinajstić information content (AvgIpc) is 3.41. The van der Waals surface area contributed by atoms with Crippen LogP contribution in [0, 0.1) is 0 Å². The van der Waals surface area contributed by atoms with E-state index in [1.165, 1.54) is 0 Å².